The van der Waals surface area contributed by atoms with Crippen molar-refractivity contribution in [3.63, 3.8) is 0 Å². The molecule has 1 aliphatic rings. The number of carbonyl (C=O) groups is 1. The third kappa shape index (κ3) is 7.68. The van der Waals surface area contributed by atoms with Crippen LogP contribution in [0.25, 0.3) is 0 Å². The first-order chi connectivity index (χ1) is 14.3. The highest BCUT2D eigenvalue weighted by molar-refractivity contribution is 6.42. The molecule has 1 unspecified atom stereocenters. The van der Waals surface area contributed by atoms with Crippen molar-refractivity contribution in [1.29, 1.82) is 0 Å². The third-order valence-electron chi connectivity index (χ3n) is 6.11. The van der Waals surface area contributed by atoms with Crippen LogP contribution in [0.3, 0.4) is 0 Å². The van der Waals surface area contributed by atoms with Gasteiger partial charge in [0.05, 0.1) is 10.0 Å². The van der Waals surface area contributed by atoms with E-state index in [0.717, 1.165) is 50.0 Å². The van der Waals surface area contributed by atoms with Gasteiger partial charge in [0.2, 0.25) is 0 Å². The van der Waals surface area contributed by atoms with Gasteiger partial charge in [0.15, 0.2) is 0 Å². The van der Waals surface area contributed by atoms with Crippen molar-refractivity contribution in [2.45, 2.75) is 46.1 Å². The largest absolute Gasteiger partial charge is 0.348 e. The number of hydrogen-bond donors (Lipinski definition) is 1. The molecule has 2 aromatic carbocycles. The van der Waals surface area contributed by atoms with Gasteiger partial charge in [0.25, 0.3) is 5.91 Å². The summed E-state index contributed by atoms with van der Waals surface area (Å²) < 4.78 is 0. The number of halogens is 3. The van der Waals surface area contributed by atoms with Crippen LogP contribution in [0.5, 0.6) is 0 Å². The quantitative estimate of drug-likeness (QED) is 0.492. The van der Waals surface area contributed by atoms with Gasteiger partial charge in [-0.25, -0.2) is 0 Å². The molecule has 0 aromatic heterocycles. The number of piperidine rings is 1. The van der Waals surface area contributed by atoms with Crippen LogP contribution in [0.2, 0.25) is 10.0 Å². The summed E-state index contributed by atoms with van der Waals surface area (Å²) in [5.41, 5.74) is 3.15. The average molecular weight is 484 g/mol. The second-order valence-electron chi connectivity index (χ2n) is 8.89. The third-order valence-corrected chi connectivity index (χ3v) is 6.84. The van der Waals surface area contributed by atoms with Gasteiger partial charge in [-0.1, -0.05) is 60.8 Å². The second kappa shape index (κ2) is 12.1. The van der Waals surface area contributed by atoms with Crippen LogP contribution in [0, 0.1) is 18.8 Å². The minimum Gasteiger partial charge on any atom is -0.348 e. The summed E-state index contributed by atoms with van der Waals surface area (Å²) in [4.78, 5) is 15.2. The average Bonchev–Trinajstić information content (AvgIpc) is 2.72. The van der Waals surface area contributed by atoms with Gasteiger partial charge in [-0.2, -0.15) is 0 Å². The number of nitrogens with zero attached hydrogens (tertiary/aromatic N) is 1. The van der Waals surface area contributed by atoms with E-state index in [4.69, 9.17) is 23.2 Å². The summed E-state index contributed by atoms with van der Waals surface area (Å²) in [6, 6.07) is 13.9. The lowest BCUT2D eigenvalue weighted by atomic mass is 9.89. The highest BCUT2D eigenvalue weighted by Gasteiger charge is 2.24. The highest BCUT2D eigenvalue weighted by Crippen LogP contribution is 2.27. The van der Waals surface area contributed by atoms with E-state index in [2.05, 4.69) is 30.1 Å². The van der Waals surface area contributed by atoms with Crippen LogP contribution < -0.4 is 5.32 Å². The molecule has 1 fully saturated rings. The predicted octanol–water partition coefficient (Wildman–Crippen LogP) is 6.43. The number of carbonyl (C=O) groups excluding carboxylic acids is 1. The van der Waals surface area contributed by atoms with Crippen molar-refractivity contribution in [3.8, 4) is 0 Å². The molecule has 3 rings (SSSR count). The zero-order valence-corrected chi connectivity index (χ0v) is 20.9. The van der Waals surface area contributed by atoms with Gasteiger partial charge in [-0.3, -0.25) is 4.79 Å². The molecule has 0 spiro atoms. The maximum atomic E-state index is 12.7. The summed E-state index contributed by atoms with van der Waals surface area (Å²) in [6.07, 6.45) is 3.37. The lowest BCUT2D eigenvalue weighted by molar-refractivity contribution is 0.0893. The van der Waals surface area contributed by atoms with Crippen LogP contribution in [0.15, 0.2) is 42.5 Å². The molecule has 0 bridgehead atoms. The lowest BCUT2D eigenvalue weighted by Crippen LogP contribution is -2.48. The molecule has 1 heterocycles. The number of rotatable bonds is 7. The molecular weight excluding hydrogens is 451 g/mol. The fourth-order valence-corrected chi connectivity index (χ4v) is 4.35. The van der Waals surface area contributed by atoms with Crippen LogP contribution in [-0.2, 0) is 6.42 Å². The Hall–Kier alpha value is -1.26. The minimum atomic E-state index is 0. The normalized spacial score (nSPS) is 16.1. The second-order valence-corrected chi connectivity index (χ2v) is 9.70. The van der Waals surface area contributed by atoms with Crippen molar-refractivity contribution < 1.29 is 4.79 Å². The maximum absolute atomic E-state index is 12.7. The number of aryl methyl sites for hydroxylation is 1. The standard InChI is InChI=1S/C25H32Cl2N2O.ClH/c1-17(2)24(28-25(30)21-7-4-18(3)5-8-21)16-29-12-10-19(11-13-29)14-20-6-9-22(26)23(27)15-20;/h4-9,15,17,19,24H,10-14,16H2,1-3H3,(H,28,30);1H. The molecule has 3 nitrogen and oxygen atoms in total. The fraction of sp³-hybridized carbons (Fsp3) is 0.480. The van der Waals surface area contributed by atoms with E-state index in [1.807, 2.05) is 43.3 Å². The van der Waals surface area contributed by atoms with Crippen LogP contribution >= 0.6 is 35.6 Å². The molecule has 31 heavy (non-hydrogen) atoms. The van der Waals surface area contributed by atoms with Gasteiger partial charge >= 0.3 is 0 Å². The topological polar surface area (TPSA) is 32.3 Å². The van der Waals surface area contributed by atoms with Crippen LogP contribution in [0.4, 0.5) is 0 Å². The Morgan fingerprint density at radius 3 is 2.29 bits per heavy atom. The van der Waals surface area contributed by atoms with E-state index in [1.54, 1.807) is 0 Å². The summed E-state index contributed by atoms with van der Waals surface area (Å²) in [7, 11) is 0. The zero-order valence-electron chi connectivity index (χ0n) is 18.5. The minimum absolute atomic E-state index is 0. The zero-order chi connectivity index (χ0) is 21.7. The molecule has 1 N–H and O–H groups in total. The lowest BCUT2D eigenvalue weighted by Gasteiger charge is -2.35. The summed E-state index contributed by atoms with van der Waals surface area (Å²) >= 11 is 12.2. The van der Waals surface area contributed by atoms with E-state index in [0.29, 0.717) is 21.9 Å². The summed E-state index contributed by atoms with van der Waals surface area (Å²) in [5, 5.41) is 4.50. The molecule has 0 radical (unpaired) electrons. The van der Waals surface area contributed by atoms with Gasteiger partial charge in [-0.05, 0) is 80.9 Å². The van der Waals surface area contributed by atoms with Gasteiger partial charge in [-0.15, -0.1) is 12.4 Å². The molecular formula is C25H33Cl3N2O. The van der Waals surface area contributed by atoms with Crippen LogP contribution in [-0.4, -0.2) is 36.5 Å². The van der Waals surface area contributed by atoms with E-state index in [1.165, 1.54) is 5.56 Å². The molecule has 1 amide bonds. The monoisotopic (exact) mass is 482 g/mol. The summed E-state index contributed by atoms with van der Waals surface area (Å²) in [5.74, 6) is 1.06. The first kappa shape index (κ1) is 26.0. The molecule has 1 saturated heterocycles. The summed E-state index contributed by atoms with van der Waals surface area (Å²) in [6.45, 7) is 9.41. The predicted molar refractivity (Wildman–Crippen MR) is 134 cm³/mol. The molecule has 1 aliphatic heterocycles. The van der Waals surface area contributed by atoms with Crippen molar-refractivity contribution in [3.05, 3.63) is 69.2 Å². The van der Waals surface area contributed by atoms with Crippen molar-refractivity contribution in [2.75, 3.05) is 19.6 Å². The Morgan fingerprint density at radius 1 is 1.06 bits per heavy atom. The number of likely N-dealkylation sites (tertiary alicyclic amines) is 1. The maximum Gasteiger partial charge on any atom is 0.251 e. The Kier molecular flexibility index (Phi) is 10.2. The molecule has 6 heteroatoms. The first-order valence-corrected chi connectivity index (χ1v) is 11.6. The SMILES string of the molecule is Cc1ccc(C(=O)NC(CN2CCC(Cc3ccc(Cl)c(Cl)c3)CC2)C(C)C)cc1.Cl. The molecule has 0 aliphatic carbocycles. The molecule has 1 atom stereocenters. The number of hydrogen-bond acceptors (Lipinski definition) is 2. The number of amides is 1. The van der Waals surface area contributed by atoms with Gasteiger partial charge in [0.1, 0.15) is 0 Å². The Bertz CT molecular complexity index is 846. The highest BCUT2D eigenvalue weighted by atomic mass is 35.5. The number of benzene rings is 2. The molecule has 170 valence electrons. The van der Waals surface area contributed by atoms with Gasteiger partial charge in [0, 0.05) is 18.2 Å². The van der Waals surface area contributed by atoms with Crippen molar-refractivity contribution >= 4 is 41.5 Å². The van der Waals surface area contributed by atoms with E-state index >= 15 is 0 Å². The first-order valence-electron chi connectivity index (χ1n) is 10.9. The van der Waals surface area contributed by atoms with E-state index in [9.17, 15) is 4.79 Å². The van der Waals surface area contributed by atoms with E-state index in [-0.39, 0.29) is 24.4 Å². The Morgan fingerprint density at radius 2 is 1.71 bits per heavy atom. The Labute approximate surface area is 202 Å². The van der Waals surface area contributed by atoms with E-state index < -0.39 is 0 Å². The smallest absolute Gasteiger partial charge is 0.251 e. The van der Waals surface area contributed by atoms with Gasteiger partial charge < -0.3 is 10.2 Å². The van der Waals surface area contributed by atoms with Crippen molar-refractivity contribution in [2.24, 2.45) is 11.8 Å². The molecule has 2 aromatic rings. The number of nitrogens with one attached hydrogen (secondary N) is 1. The molecule has 0 saturated carbocycles. The fourth-order valence-electron chi connectivity index (χ4n) is 4.03. The van der Waals surface area contributed by atoms with Crippen LogP contribution in [0.1, 0.15) is 48.2 Å². The van der Waals surface area contributed by atoms with Crippen molar-refractivity contribution in [1.82, 2.24) is 10.2 Å². The Balaban J connectivity index is 0.00000341.